The van der Waals surface area contributed by atoms with E-state index >= 15 is 0 Å². The number of anilines is 1. The molecule has 0 spiro atoms. The predicted octanol–water partition coefficient (Wildman–Crippen LogP) is 4.71. The molecule has 0 heterocycles. The van der Waals surface area contributed by atoms with Gasteiger partial charge >= 0.3 is 0 Å². The van der Waals surface area contributed by atoms with Crippen molar-refractivity contribution in [1.82, 2.24) is 5.32 Å². The van der Waals surface area contributed by atoms with E-state index in [1.54, 1.807) is 0 Å². The molecule has 1 amide bonds. The second-order valence-electron chi connectivity index (χ2n) is 5.72. The molecule has 2 aromatic carbocycles. The Balaban J connectivity index is 2.15. The lowest BCUT2D eigenvalue weighted by molar-refractivity contribution is 0.0953. The number of carbonyl (C=O) groups is 1. The largest absolute Gasteiger partial charge is 0.352 e. The van der Waals surface area contributed by atoms with Crippen molar-refractivity contribution in [3.8, 4) is 0 Å². The van der Waals surface area contributed by atoms with Gasteiger partial charge in [-0.05, 0) is 48.9 Å². The molecule has 2 N–H and O–H groups in total. The van der Waals surface area contributed by atoms with E-state index in [4.69, 9.17) is 23.2 Å². The maximum absolute atomic E-state index is 12.4. The van der Waals surface area contributed by atoms with Crippen LogP contribution in [0, 0.1) is 0 Å². The summed E-state index contributed by atoms with van der Waals surface area (Å²) in [5.41, 5.74) is 0.475. The Morgan fingerprint density at radius 2 is 1.73 bits per heavy atom. The predicted molar refractivity (Wildman–Crippen MR) is 106 cm³/mol. The molecule has 0 aliphatic heterocycles. The van der Waals surface area contributed by atoms with Crippen LogP contribution in [0.2, 0.25) is 10.0 Å². The highest BCUT2D eigenvalue weighted by Crippen LogP contribution is 2.23. The zero-order valence-electron chi connectivity index (χ0n) is 14.3. The molecule has 0 saturated heterocycles. The lowest BCUT2D eigenvalue weighted by Crippen LogP contribution is -2.25. The molecular formula is C18H20Cl2N2O3S. The summed E-state index contributed by atoms with van der Waals surface area (Å²) in [6.45, 7) is 2.62. The van der Waals surface area contributed by atoms with Crippen molar-refractivity contribution in [3.63, 3.8) is 0 Å². The van der Waals surface area contributed by atoms with E-state index < -0.39 is 10.0 Å². The van der Waals surface area contributed by atoms with Crippen molar-refractivity contribution in [1.29, 1.82) is 0 Å². The average molecular weight is 415 g/mol. The molecule has 0 aliphatic rings. The van der Waals surface area contributed by atoms with Crippen LogP contribution in [-0.2, 0) is 10.0 Å². The Morgan fingerprint density at radius 1 is 1.04 bits per heavy atom. The van der Waals surface area contributed by atoms with Crippen LogP contribution in [-0.4, -0.2) is 20.9 Å². The first-order valence-corrected chi connectivity index (χ1v) is 10.4. The topological polar surface area (TPSA) is 75.3 Å². The maximum Gasteiger partial charge on any atom is 0.261 e. The molecule has 0 atom stereocenters. The molecule has 0 aromatic heterocycles. The van der Waals surface area contributed by atoms with Crippen LogP contribution in [0.5, 0.6) is 0 Å². The zero-order chi connectivity index (χ0) is 19.2. The molecule has 26 heavy (non-hydrogen) atoms. The van der Waals surface area contributed by atoms with Gasteiger partial charge in [0.2, 0.25) is 0 Å². The molecule has 2 aromatic rings. The van der Waals surface area contributed by atoms with Gasteiger partial charge in [-0.25, -0.2) is 8.42 Å². The van der Waals surface area contributed by atoms with Crippen LogP contribution in [0.15, 0.2) is 47.4 Å². The lowest BCUT2D eigenvalue weighted by Gasteiger charge is -2.11. The van der Waals surface area contributed by atoms with E-state index in [1.165, 1.54) is 42.5 Å². The van der Waals surface area contributed by atoms with Gasteiger partial charge < -0.3 is 5.32 Å². The first kappa shape index (κ1) is 20.6. The van der Waals surface area contributed by atoms with Crippen LogP contribution >= 0.6 is 23.2 Å². The van der Waals surface area contributed by atoms with Gasteiger partial charge in [0.15, 0.2) is 0 Å². The number of amides is 1. The molecule has 8 heteroatoms. The monoisotopic (exact) mass is 414 g/mol. The lowest BCUT2D eigenvalue weighted by atomic mass is 10.2. The van der Waals surface area contributed by atoms with E-state index in [-0.39, 0.29) is 27.1 Å². The minimum absolute atomic E-state index is 0.0717. The third-order valence-corrected chi connectivity index (χ3v) is 5.63. The van der Waals surface area contributed by atoms with Gasteiger partial charge in [-0.1, -0.05) is 43.0 Å². The summed E-state index contributed by atoms with van der Waals surface area (Å²) in [5.74, 6) is -0.335. The van der Waals surface area contributed by atoms with Crippen LogP contribution < -0.4 is 10.0 Å². The number of sulfonamides is 1. The van der Waals surface area contributed by atoms with E-state index in [1.807, 2.05) is 0 Å². The fourth-order valence-electron chi connectivity index (χ4n) is 2.26. The van der Waals surface area contributed by atoms with Gasteiger partial charge in [0.1, 0.15) is 0 Å². The van der Waals surface area contributed by atoms with Gasteiger partial charge in [0.25, 0.3) is 15.9 Å². The minimum Gasteiger partial charge on any atom is -0.352 e. The van der Waals surface area contributed by atoms with Crippen LogP contribution in [0.3, 0.4) is 0 Å². The van der Waals surface area contributed by atoms with Gasteiger partial charge in [-0.3, -0.25) is 9.52 Å². The molecule has 0 bridgehead atoms. The summed E-state index contributed by atoms with van der Waals surface area (Å²) in [4.78, 5) is 12.3. The van der Waals surface area contributed by atoms with E-state index in [0.29, 0.717) is 11.6 Å². The smallest absolute Gasteiger partial charge is 0.261 e. The molecular weight excluding hydrogens is 395 g/mol. The van der Waals surface area contributed by atoms with Crippen LogP contribution in [0.1, 0.15) is 36.5 Å². The molecule has 5 nitrogen and oxygen atoms in total. The average Bonchev–Trinajstić information content (AvgIpc) is 2.60. The molecule has 0 radical (unpaired) electrons. The molecule has 0 unspecified atom stereocenters. The Hall–Kier alpha value is -1.76. The highest BCUT2D eigenvalue weighted by Gasteiger charge is 2.16. The Kier molecular flexibility index (Phi) is 7.32. The molecule has 0 aliphatic carbocycles. The van der Waals surface area contributed by atoms with Crippen molar-refractivity contribution in [3.05, 3.63) is 58.1 Å². The Labute approximate surface area is 163 Å². The van der Waals surface area contributed by atoms with E-state index in [9.17, 15) is 13.2 Å². The number of rotatable bonds is 8. The number of carbonyl (C=O) groups excluding carboxylic acids is 1. The standard InChI is InChI=1S/C18H20Cl2N2O3S/c1-2-3-4-11-21-18(23)16-12-14(7-10-17(16)20)22-26(24,25)15-8-5-13(19)6-9-15/h5-10,12,22H,2-4,11H2,1H3,(H,21,23). The Bertz CT molecular complexity index is 869. The van der Waals surface area contributed by atoms with Gasteiger partial charge in [-0.2, -0.15) is 0 Å². The van der Waals surface area contributed by atoms with Crippen molar-refractivity contribution in [2.24, 2.45) is 0 Å². The Morgan fingerprint density at radius 3 is 2.38 bits per heavy atom. The summed E-state index contributed by atoms with van der Waals surface area (Å²) in [6, 6.07) is 10.2. The van der Waals surface area contributed by atoms with Crippen LogP contribution in [0.25, 0.3) is 0 Å². The summed E-state index contributed by atoms with van der Waals surface area (Å²) < 4.78 is 27.3. The summed E-state index contributed by atoms with van der Waals surface area (Å²) >= 11 is 11.9. The third-order valence-electron chi connectivity index (χ3n) is 3.65. The second-order valence-corrected chi connectivity index (χ2v) is 8.24. The number of hydrogen-bond acceptors (Lipinski definition) is 3. The fraction of sp³-hybridized carbons (Fsp3) is 0.278. The SMILES string of the molecule is CCCCCNC(=O)c1cc(NS(=O)(=O)c2ccc(Cl)cc2)ccc1Cl. The minimum atomic E-state index is -3.79. The summed E-state index contributed by atoms with van der Waals surface area (Å²) in [6.07, 6.45) is 2.95. The normalized spacial score (nSPS) is 11.2. The quantitative estimate of drug-likeness (QED) is 0.613. The zero-order valence-corrected chi connectivity index (χ0v) is 16.6. The first-order valence-electron chi connectivity index (χ1n) is 8.19. The van der Waals surface area contributed by atoms with E-state index in [0.717, 1.165) is 19.3 Å². The molecule has 2 rings (SSSR count). The highest BCUT2D eigenvalue weighted by atomic mass is 35.5. The molecule has 140 valence electrons. The number of unbranched alkanes of at least 4 members (excludes halogenated alkanes) is 2. The van der Waals surface area contributed by atoms with Crippen molar-refractivity contribution in [2.45, 2.75) is 31.1 Å². The molecule has 0 fully saturated rings. The third kappa shape index (κ3) is 5.62. The van der Waals surface area contributed by atoms with Crippen molar-refractivity contribution < 1.29 is 13.2 Å². The molecule has 0 saturated carbocycles. The van der Waals surface area contributed by atoms with Crippen molar-refractivity contribution >= 4 is 44.8 Å². The first-order chi connectivity index (χ1) is 12.3. The number of hydrogen-bond donors (Lipinski definition) is 2. The van der Waals surface area contributed by atoms with E-state index in [2.05, 4.69) is 17.0 Å². The number of benzene rings is 2. The second kappa shape index (κ2) is 9.26. The summed E-state index contributed by atoms with van der Waals surface area (Å²) in [7, 11) is -3.79. The van der Waals surface area contributed by atoms with Gasteiger partial charge in [0, 0.05) is 17.3 Å². The number of nitrogens with one attached hydrogen (secondary N) is 2. The number of halogens is 2. The van der Waals surface area contributed by atoms with Crippen LogP contribution in [0.4, 0.5) is 5.69 Å². The van der Waals surface area contributed by atoms with Crippen molar-refractivity contribution in [2.75, 3.05) is 11.3 Å². The highest BCUT2D eigenvalue weighted by molar-refractivity contribution is 7.92. The van der Waals surface area contributed by atoms with Gasteiger partial charge in [-0.15, -0.1) is 0 Å². The summed E-state index contributed by atoms with van der Waals surface area (Å²) in [5, 5.41) is 3.49. The fourth-order valence-corrected chi connectivity index (χ4v) is 3.64. The maximum atomic E-state index is 12.4. The van der Waals surface area contributed by atoms with Gasteiger partial charge in [0.05, 0.1) is 15.5 Å².